The summed E-state index contributed by atoms with van der Waals surface area (Å²) in [6.07, 6.45) is 4.26. The van der Waals surface area contributed by atoms with Gasteiger partial charge in [-0.2, -0.15) is 0 Å². The molecule has 1 saturated carbocycles. The molecule has 17 heavy (non-hydrogen) atoms. The molecule has 0 saturated heterocycles. The van der Waals surface area contributed by atoms with Gasteiger partial charge in [-0.25, -0.2) is 4.98 Å². The third-order valence-electron chi connectivity index (χ3n) is 3.52. The van der Waals surface area contributed by atoms with E-state index in [2.05, 4.69) is 17.2 Å². The molecule has 3 rings (SSSR count). The highest BCUT2D eigenvalue weighted by molar-refractivity contribution is 5.92. The average Bonchev–Trinajstić information content (AvgIpc) is 3.08. The summed E-state index contributed by atoms with van der Waals surface area (Å²) in [5.74, 6) is 1.96. The number of nitrogens with one attached hydrogen (secondary N) is 1. The minimum absolute atomic E-state index is 0.288. The predicted molar refractivity (Wildman–Crippen MR) is 69.2 cm³/mol. The number of hydrogen-bond donors (Lipinski definition) is 2. The zero-order valence-electron chi connectivity index (χ0n) is 9.85. The lowest BCUT2D eigenvalue weighted by molar-refractivity contribution is 0.476. The van der Waals surface area contributed by atoms with Crippen LogP contribution in [0.5, 0.6) is 5.75 Å². The second-order valence-corrected chi connectivity index (χ2v) is 4.72. The summed E-state index contributed by atoms with van der Waals surface area (Å²) in [5.41, 5.74) is 0. The van der Waals surface area contributed by atoms with Gasteiger partial charge in [0, 0.05) is 17.6 Å². The smallest absolute Gasteiger partial charge is 0.134 e. The number of pyridine rings is 1. The molecule has 1 heterocycles. The van der Waals surface area contributed by atoms with Crippen LogP contribution in [0.4, 0.5) is 5.82 Å². The van der Waals surface area contributed by atoms with Crippen molar-refractivity contribution in [3.05, 3.63) is 30.5 Å². The van der Waals surface area contributed by atoms with Crippen LogP contribution in [-0.2, 0) is 0 Å². The molecule has 2 atom stereocenters. The number of aromatic hydroxyl groups is 1. The van der Waals surface area contributed by atoms with Gasteiger partial charge >= 0.3 is 0 Å². The Kier molecular flexibility index (Phi) is 2.39. The van der Waals surface area contributed by atoms with E-state index in [0.717, 1.165) is 22.5 Å². The standard InChI is InChI=1S/C14H16N2O/c1-2-9-7-13(9)16-14-12-8-11(17)4-3-10(12)5-6-15-14/h3-6,8-9,13,17H,2,7H2,1H3,(H,15,16). The molecule has 1 aliphatic rings. The number of phenolic OH excluding ortho intramolecular Hbond substituents is 1. The number of aromatic nitrogens is 1. The first-order chi connectivity index (χ1) is 8.28. The summed E-state index contributed by atoms with van der Waals surface area (Å²) < 4.78 is 0. The van der Waals surface area contributed by atoms with E-state index >= 15 is 0 Å². The second-order valence-electron chi connectivity index (χ2n) is 4.72. The average molecular weight is 228 g/mol. The molecule has 3 heteroatoms. The molecular formula is C14H16N2O. The van der Waals surface area contributed by atoms with Crippen LogP contribution in [0, 0.1) is 5.92 Å². The summed E-state index contributed by atoms with van der Waals surface area (Å²) in [5, 5.41) is 15.1. The van der Waals surface area contributed by atoms with E-state index < -0.39 is 0 Å². The summed E-state index contributed by atoms with van der Waals surface area (Å²) >= 11 is 0. The van der Waals surface area contributed by atoms with E-state index in [1.807, 2.05) is 18.3 Å². The number of hydrogen-bond acceptors (Lipinski definition) is 3. The molecule has 3 nitrogen and oxygen atoms in total. The van der Waals surface area contributed by atoms with E-state index in [0.29, 0.717) is 6.04 Å². The number of phenols is 1. The summed E-state index contributed by atoms with van der Waals surface area (Å²) in [7, 11) is 0. The van der Waals surface area contributed by atoms with Gasteiger partial charge in [-0.1, -0.05) is 19.4 Å². The summed E-state index contributed by atoms with van der Waals surface area (Å²) in [6.45, 7) is 2.22. The summed E-state index contributed by atoms with van der Waals surface area (Å²) in [4.78, 5) is 4.37. The van der Waals surface area contributed by atoms with Crippen LogP contribution in [0.2, 0.25) is 0 Å². The fourth-order valence-electron chi connectivity index (χ4n) is 2.32. The first kappa shape index (κ1) is 10.4. The zero-order valence-corrected chi connectivity index (χ0v) is 9.85. The Hall–Kier alpha value is -1.77. The monoisotopic (exact) mass is 228 g/mol. The maximum Gasteiger partial charge on any atom is 0.134 e. The molecule has 0 bridgehead atoms. The van der Waals surface area contributed by atoms with Crippen LogP contribution < -0.4 is 5.32 Å². The van der Waals surface area contributed by atoms with Crippen molar-refractivity contribution in [2.45, 2.75) is 25.8 Å². The van der Waals surface area contributed by atoms with E-state index in [9.17, 15) is 5.11 Å². The van der Waals surface area contributed by atoms with E-state index in [1.54, 1.807) is 12.1 Å². The van der Waals surface area contributed by atoms with Crippen LogP contribution >= 0.6 is 0 Å². The van der Waals surface area contributed by atoms with Crippen molar-refractivity contribution in [2.75, 3.05) is 5.32 Å². The van der Waals surface area contributed by atoms with Gasteiger partial charge in [0.05, 0.1) is 0 Å². The van der Waals surface area contributed by atoms with Crippen molar-refractivity contribution in [1.82, 2.24) is 4.98 Å². The van der Waals surface area contributed by atoms with Gasteiger partial charge in [0.25, 0.3) is 0 Å². The number of fused-ring (bicyclic) bond motifs is 1. The van der Waals surface area contributed by atoms with Crippen LogP contribution in [0.1, 0.15) is 19.8 Å². The molecule has 1 aromatic carbocycles. The molecule has 1 aromatic heterocycles. The second kappa shape index (κ2) is 3.91. The van der Waals surface area contributed by atoms with Crippen molar-refractivity contribution in [2.24, 2.45) is 5.92 Å². The maximum absolute atomic E-state index is 9.55. The highest BCUT2D eigenvalue weighted by Gasteiger charge is 2.35. The van der Waals surface area contributed by atoms with Gasteiger partial charge in [-0.15, -0.1) is 0 Å². The Balaban J connectivity index is 1.95. The fraction of sp³-hybridized carbons (Fsp3) is 0.357. The Bertz CT molecular complexity index is 553. The number of nitrogens with zero attached hydrogens (tertiary/aromatic N) is 1. The normalized spacial score (nSPS) is 22.6. The lowest BCUT2D eigenvalue weighted by atomic mass is 10.1. The first-order valence-electron chi connectivity index (χ1n) is 6.12. The molecule has 88 valence electrons. The molecule has 0 amide bonds. The largest absolute Gasteiger partial charge is 0.508 e. The van der Waals surface area contributed by atoms with Gasteiger partial charge in [0.1, 0.15) is 11.6 Å². The lowest BCUT2D eigenvalue weighted by Gasteiger charge is -2.08. The van der Waals surface area contributed by atoms with Gasteiger partial charge in [0.15, 0.2) is 0 Å². The molecule has 1 fully saturated rings. The van der Waals surface area contributed by atoms with Crippen LogP contribution in [-0.4, -0.2) is 16.1 Å². The molecule has 1 aliphatic carbocycles. The Morgan fingerprint density at radius 2 is 2.29 bits per heavy atom. The number of anilines is 1. The molecule has 2 N–H and O–H groups in total. The van der Waals surface area contributed by atoms with Gasteiger partial charge in [0.2, 0.25) is 0 Å². The van der Waals surface area contributed by atoms with Gasteiger partial charge in [-0.3, -0.25) is 0 Å². The van der Waals surface area contributed by atoms with Crippen LogP contribution in [0.25, 0.3) is 10.8 Å². The fourth-order valence-corrected chi connectivity index (χ4v) is 2.32. The first-order valence-corrected chi connectivity index (χ1v) is 6.12. The molecule has 0 radical (unpaired) electrons. The van der Waals surface area contributed by atoms with Crippen molar-refractivity contribution < 1.29 is 5.11 Å². The zero-order chi connectivity index (χ0) is 11.8. The van der Waals surface area contributed by atoms with Crippen molar-refractivity contribution in [3.63, 3.8) is 0 Å². The number of benzene rings is 1. The molecule has 0 spiro atoms. The van der Waals surface area contributed by atoms with Gasteiger partial charge in [-0.05, 0) is 35.9 Å². The predicted octanol–water partition coefficient (Wildman–Crippen LogP) is 3.15. The minimum Gasteiger partial charge on any atom is -0.508 e. The summed E-state index contributed by atoms with van der Waals surface area (Å²) in [6, 6.07) is 7.92. The van der Waals surface area contributed by atoms with Crippen LogP contribution in [0.3, 0.4) is 0 Å². The third-order valence-corrected chi connectivity index (χ3v) is 3.52. The molecular weight excluding hydrogens is 212 g/mol. The highest BCUT2D eigenvalue weighted by Crippen LogP contribution is 2.37. The minimum atomic E-state index is 0.288. The quantitative estimate of drug-likeness (QED) is 0.848. The third kappa shape index (κ3) is 1.93. The molecule has 0 aliphatic heterocycles. The lowest BCUT2D eigenvalue weighted by Crippen LogP contribution is -2.06. The molecule has 2 aromatic rings. The van der Waals surface area contributed by atoms with Crippen LogP contribution in [0.15, 0.2) is 30.5 Å². The number of rotatable bonds is 3. The Labute approximate surface area is 100 Å². The maximum atomic E-state index is 9.55. The molecule has 2 unspecified atom stereocenters. The highest BCUT2D eigenvalue weighted by atomic mass is 16.3. The van der Waals surface area contributed by atoms with E-state index in [1.165, 1.54) is 12.8 Å². The van der Waals surface area contributed by atoms with Crippen molar-refractivity contribution in [1.29, 1.82) is 0 Å². The topological polar surface area (TPSA) is 45.2 Å². The van der Waals surface area contributed by atoms with Crippen molar-refractivity contribution in [3.8, 4) is 5.75 Å². The van der Waals surface area contributed by atoms with E-state index in [-0.39, 0.29) is 5.75 Å². The van der Waals surface area contributed by atoms with Gasteiger partial charge < -0.3 is 10.4 Å². The Morgan fingerprint density at radius 3 is 3.06 bits per heavy atom. The SMILES string of the molecule is CCC1CC1Nc1nccc2ccc(O)cc12. The van der Waals surface area contributed by atoms with Crippen molar-refractivity contribution >= 4 is 16.6 Å². The Morgan fingerprint density at radius 1 is 1.41 bits per heavy atom. The van der Waals surface area contributed by atoms with E-state index in [4.69, 9.17) is 0 Å².